The van der Waals surface area contributed by atoms with Gasteiger partial charge in [-0.15, -0.1) is 0 Å². The number of hydrogen-bond donors (Lipinski definition) is 0. The van der Waals surface area contributed by atoms with Gasteiger partial charge >= 0.3 is 0 Å². The molecule has 1 aliphatic carbocycles. The predicted molar refractivity (Wildman–Crippen MR) is 78.9 cm³/mol. The summed E-state index contributed by atoms with van der Waals surface area (Å²) >= 11 is 0. The van der Waals surface area contributed by atoms with Crippen LogP contribution in [0.25, 0.3) is 0 Å². The molecule has 2 aliphatic rings. The van der Waals surface area contributed by atoms with Crippen LogP contribution in [0.2, 0.25) is 0 Å². The van der Waals surface area contributed by atoms with Gasteiger partial charge in [-0.3, -0.25) is 4.90 Å². The summed E-state index contributed by atoms with van der Waals surface area (Å²) in [7, 11) is 0. The average molecular weight is 252 g/mol. The Morgan fingerprint density at radius 2 is 1.61 bits per heavy atom. The molecule has 1 heterocycles. The van der Waals surface area contributed by atoms with Gasteiger partial charge in [0, 0.05) is 32.2 Å². The normalized spacial score (nSPS) is 35.8. The van der Waals surface area contributed by atoms with Crippen molar-refractivity contribution in [1.82, 2.24) is 9.80 Å². The smallest absolute Gasteiger partial charge is 0.0195 e. The Hall–Kier alpha value is -0.0800. The van der Waals surface area contributed by atoms with Gasteiger partial charge in [0.15, 0.2) is 0 Å². The molecular formula is C16H32N2. The quantitative estimate of drug-likeness (QED) is 0.758. The van der Waals surface area contributed by atoms with Crippen molar-refractivity contribution in [1.29, 1.82) is 0 Å². The largest absolute Gasteiger partial charge is 0.301 e. The molecule has 0 aromatic rings. The number of nitrogens with zero attached hydrogens (tertiary/aromatic N) is 2. The molecule has 2 nitrogen and oxygen atoms in total. The number of rotatable bonds is 4. The lowest BCUT2D eigenvalue weighted by Gasteiger charge is -2.42. The third kappa shape index (κ3) is 3.71. The van der Waals surface area contributed by atoms with Crippen LogP contribution in [0.1, 0.15) is 52.9 Å². The fourth-order valence-corrected chi connectivity index (χ4v) is 3.78. The Balaban J connectivity index is 1.73. The molecule has 1 saturated heterocycles. The summed E-state index contributed by atoms with van der Waals surface area (Å²) < 4.78 is 0. The van der Waals surface area contributed by atoms with Crippen LogP contribution < -0.4 is 0 Å². The highest BCUT2D eigenvalue weighted by Crippen LogP contribution is 2.31. The van der Waals surface area contributed by atoms with Gasteiger partial charge in [0.05, 0.1) is 0 Å². The Bertz CT molecular complexity index is 233. The minimum atomic E-state index is 0.766. The number of likely N-dealkylation sites (N-methyl/N-ethyl adjacent to an activating group) is 1. The molecule has 1 aliphatic heterocycles. The summed E-state index contributed by atoms with van der Waals surface area (Å²) in [4.78, 5) is 5.35. The molecule has 0 N–H and O–H groups in total. The summed E-state index contributed by atoms with van der Waals surface area (Å²) in [5.74, 6) is 2.03. The van der Waals surface area contributed by atoms with Crippen LogP contribution >= 0.6 is 0 Å². The first-order valence-corrected chi connectivity index (χ1v) is 8.19. The van der Waals surface area contributed by atoms with Crippen molar-refractivity contribution in [3.8, 4) is 0 Å². The summed E-state index contributed by atoms with van der Waals surface area (Å²) in [5, 5.41) is 0. The van der Waals surface area contributed by atoms with Crippen molar-refractivity contribution in [2.45, 2.75) is 58.9 Å². The Morgan fingerprint density at radius 1 is 0.944 bits per heavy atom. The second-order valence-corrected chi connectivity index (χ2v) is 6.53. The van der Waals surface area contributed by atoms with Crippen molar-refractivity contribution >= 4 is 0 Å². The molecule has 0 unspecified atom stereocenters. The van der Waals surface area contributed by atoms with Crippen molar-refractivity contribution in [3.05, 3.63) is 0 Å². The summed E-state index contributed by atoms with van der Waals surface area (Å²) in [6, 6.07) is 0.766. The lowest BCUT2D eigenvalue weighted by molar-refractivity contribution is 0.0641. The van der Waals surface area contributed by atoms with E-state index in [1.807, 2.05) is 0 Å². The molecule has 2 rings (SSSR count). The van der Waals surface area contributed by atoms with E-state index in [0.29, 0.717) is 0 Å². The maximum Gasteiger partial charge on any atom is 0.0195 e. The fraction of sp³-hybridized carbons (Fsp3) is 1.00. The van der Waals surface area contributed by atoms with E-state index in [-0.39, 0.29) is 0 Å². The fourth-order valence-electron chi connectivity index (χ4n) is 3.78. The first kappa shape index (κ1) is 14.3. The monoisotopic (exact) mass is 252 g/mol. The maximum atomic E-state index is 2.75. The zero-order valence-electron chi connectivity index (χ0n) is 12.7. The van der Waals surface area contributed by atoms with E-state index in [9.17, 15) is 0 Å². The average Bonchev–Trinajstić information content (AvgIpc) is 2.42. The Kier molecular flexibility index (Phi) is 5.50. The Morgan fingerprint density at radius 3 is 2.17 bits per heavy atom. The third-order valence-electron chi connectivity index (χ3n) is 5.33. The highest BCUT2D eigenvalue weighted by Gasteiger charge is 2.27. The van der Waals surface area contributed by atoms with E-state index in [4.69, 9.17) is 0 Å². The zero-order valence-corrected chi connectivity index (χ0v) is 12.7. The van der Waals surface area contributed by atoms with Crippen LogP contribution in [0, 0.1) is 11.8 Å². The zero-order chi connectivity index (χ0) is 13.0. The molecule has 2 fully saturated rings. The minimum absolute atomic E-state index is 0.766. The molecular weight excluding hydrogens is 220 g/mol. The van der Waals surface area contributed by atoms with Crippen LogP contribution in [-0.2, 0) is 0 Å². The molecule has 2 heteroatoms. The topological polar surface area (TPSA) is 6.48 Å². The van der Waals surface area contributed by atoms with Gasteiger partial charge in [-0.05, 0) is 38.1 Å². The Labute approximate surface area is 114 Å². The van der Waals surface area contributed by atoms with Crippen molar-refractivity contribution in [2.24, 2.45) is 11.8 Å². The molecule has 0 bridgehead atoms. The molecule has 0 spiro atoms. The molecule has 0 amide bonds. The van der Waals surface area contributed by atoms with E-state index < -0.39 is 0 Å². The van der Waals surface area contributed by atoms with Gasteiger partial charge in [-0.2, -0.15) is 0 Å². The van der Waals surface area contributed by atoms with Gasteiger partial charge in [-0.25, -0.2) is 0 Å². The molecule has 106 valence electrons. The minimum Gasteiger partial charge on any atom is -0.301 e. The molecule has 0 aromatic carbocycles. The van der Waals surface area contributed by atoms with Gasteiger partial charge in [0.1, 0.15) is 0 Å². The van der Waals surface area contributed by atoms with E-state index >= 15 is 0 Å². The second kappa shape index (κ2) is 6.91. The highest BCUT2D eigenvalue weighted by atomic mass is 15.3. The SMILES string of the molecule is CCC1CCC(CN2CCN(CC)C[C@@H]2C)CC1. The van der Waals surface area contributed by atoms with Crippen LogP contribution in [0.5, 0.6) is 0 Å². The van der Waals surface area contributed by atoms with Crippen LogP contribution in [0.3, 0.4) is 0 Å². The van der Waals surface area contributed by atoms with Gasteiger partial charge in [0.2, 0.25) is 0 Å². The third-order valence-corrected chi connectivity index (χ3v) is 5.33. The molecule has 0 radical (unpaired) electrons. The number of piperazine rings is 1. The van der Waals surface area contributed by atoms with Gasteiger partial charge < -0.3 is 4.90 Å². The highest BCUT2D eigenvalue weighted by molar-refractivity contribution is 4.82. The predicted octanol–water partition coefficient (Wildman–Crippen LogP) is 3.23. The molecule has 0 aromatic heterocycles. The second-order valence-electron chi connectivity index (χ2n) is 6.53. The van der Waals surface area contributed by atoms with E-state index in [0.717, 1.165) is 17.9 Å². The lowest BCUT2D eigenvalue weighted by atomic mass is 9.80. The number of hydrogen-bond acceptors (Lipinski definition) is 2. The van der Waals surface area contributed by atoms with E-state index in [2.05, 4.69) is 30.6 Å². The standard InChI is InChI=1S/C16H32N2/c1-4-15-6-8-16(9-7-15)13-18-11-10-17(5-2)12-14(18)3/h14-16H,4-13H2,1-3H3/t14-,15?,16?/m0/s1. The summed E-state index contributed by atoms with van der Waals surface area (Å²) in [6.07, 6.45) is 7.35. The van der Waals surface area contributed by atoms with Crippen molar-refractivity contribution in [3.63, 3.8) is 0 Å². The van der Waals surface area contributed by atoms with Gasteiger partial charge in [0.25, 0.3) is 0 Å². The van der Waals surface area contributed by atoms with E-state index in [1.54, 1.807) is 0 Å². The van der Waals surface area contributed by atoms with Crippen LogP contribution in [0.4, 0.5) is 0 Å². The van der Waals surface area contributed by atoms with Gasteiger partial charge in [-0.1, -0.05) is 33.1 Å². The van der Waals surface area contributed by atoms with Crippen molar-refractivity contribution < 1.29 is 0 Å². The molecule has 1 saturated carbocycles. The van der Waals surface area contributed by atoms with Crippen LogP contribution in [0.15, 0.2) is 0 Å². The lowest BCUT2D eigenvalue weighted by Crippen LogP contribution is -2.53. The van der Waals surface area contributed by atoms with Crippen molar-refractivity contribution in [2.75, 3.05) is 32.7 Å². The first-order valence-electron chi connectivity index (χ1n) is 8.19. The van der Waals surface area contributed by atoms with E-state index in [1.165, 1.54) is 64.8 Å². The van der Waals surface area contributed by atoms with Crippen LogP contribution in [-0.4, -0.2) is 48.6 Å². The molecule has 18 heavy (non-hydrogen) atoms. The summed E-state index contributed by atoms with van der Waals surface area (Å²) in [6.45, 7) is 13.5. The first-order chi connectivity index (χ1) is 8.72. The molecule has 1 atom stereocenters. The maximum absolute atomic E-state index is 2.75. The summed E-state index contributed by atoms with van der Waals surface area (Å²) in [5.41, 5.74) is 0.